The lowest BCUT2D eigenvalue weighted by atomic mass is 10.1. The summed E-state index contributed by atoms with van der Waals surface area (Å²) in [5, 5.41) is 12.3. The molecule has 0 aromatic carbocycles. The Hall–Kier alpha value is -1.92. The van der Waals surface area contributed by atoms with E-state index in [2.05, 4.69) is 38.2 Å². The number of aliphatic carboxylic acids is 1. The summed E-state index contributed by atoms with van der Waals surface area (Å²) < 4.78 is 10.6. The second-order valence-corrected chi connectivity index (χ2v) is 8.25. The van der Waals surface area contributed by atoms with Crippen LogP contribution in [0.25, 0.3) is 0 Å². The molecule has 6 heteroatoms. The minimum absolute atomic E-state index is 0.213. The van der Waals surface area contributed by atoms with Crippen molar-refractivity contribution in [3.8, 4) is 0 Å². The summed E-state index contributed by atoms with van der Waals surface area (Å²) in [5.41, 5.74) is 3.94. The molecule has 0 aromatic heterocycles. The van der Waals surface area contributed by atoms with Crippen molar-refractivity contribution in [3.63, 3.8) is 0 Å². The molecule has 1 heterocycles. The van der Waals surface area contributed by atoms with Crippen LogP contribution in [0.1, 0.15) is 79.1 Å². The van der Waals surface area contributed by atoms with Crippen molar-refractivity contribution in [1.82, 2.24) is 5.32 Å². The lowest BCUT2D eigenvalue weighted by molar-refractivity contribution is -0.188. The molecule has 1 aliphatic rings. The smallest absolute Gasteiger partial charge is 0.321 e. The third kappa shape index (κ3) is 12.6. The van der Waals surface area contributed by atoms with Crippen LogP contribution in [-0.4, -0.2) is 42.5 Å². The summed E-state index contributed by atoms with van der Waals surface area (Å²) in [6.07, 6.45) is 12.4. The van der Waals surface area contributed by atoms with Gasteiger partial charge in [0.05, 0.1) is 13.0 Å². The van der Waals surface area contributed by atoms with Gasteiger partial charge in [-0.2, -0.15) is 0 Å². The molecule has 1 saturated heterocycles. The minimum Gasteiger partial charge on any atom is -0.480 e. The third-order valence-corrected chi connectivity index (χ3v) is 5.01. The quantitative estimate of drug-likeness (QED) is 0.325. The number of allylic oxidation sites excluding steroid dienone is 5. The van der Waals surface area contributed by atoms with Crippen molar-refractivity contribution in [2.75, 3.05) is 13.2 Å². The molecule has 0 amide bonds. The van der Waals surface area contributed by atoms with E-state index in [0.717, 1.165) is 38.5 Å². The molecule has 0 spiro atoms. The predicted octanol–water partition coefficient (Wildman–Crippen LogP) is 4.91. The van der Waals surface area contributed by atoms with E-state index in [4.69, 9.17) is 9.47 Å². The maximum atomic E-state index is 12.0. The van der Waals surface area contributed by atoms with Gasteiger partial charge in [0.1, 0.15) is 6.04 Å². The van der Waals surface area contributed by atoms with Crippen LogP contribution in [0.2, 0.25) is 0 Å². The van der Waals surface area contributed by atoms with Gasteiger partial charge in [-0.25, -0.2) is 0 Å². The highest BCUT2D eigenvalue weighted by molar-refractivity contribution is 5.81. The number of hydrogen-bond donors (Lipinski definition) is 2. The number of nitrogens with one attached hydrogen (secondary N) is 1. The van der Waals surface area contributed by atoms with E-state index in [-0.39, 0.29) is 6.42 Å². The largest absolute Gasteiger partial charge is 0.480 e. The number of hydrogen-bond acceptors (Lipinski definition) is 5. The minimum atomic E-state index is -1.06. The average Bonchev–Trinajstić information content (AvgIpc) is 2.67. The summed E-state index contributed by atoms with van der Waals surface area (Å²) in [5.74, 6) is -1.60. The Morgan fingerprint density at radius 2 is 1.73 bits per heavy atom. The fourth-order valence-corrected chi connectivity index (χ4v) is 3.13. The van der Waals surface area contributed by atoms with Gasteiger partial charge < -0.3 is 19.9 Å². The summed E-state index contributed by atoms with van der Waals surface area (Å²) in [6, 6.07) is -0.970. The van der Waals surface area contributed by atoms with E-state index < -0.39 is 24.3 Å². The molecule has 1 fully saturated rings. The SMILES string of the molecule is CC(C)=CCCC(C)=CCCC(C)=CCNC(CC(=O)OC1CCCCO1)C(=O)O. The fraction of sp³-hybridized carbons (Fsp3) is 0.667. The average molecular weight is 422 g/mol. The van der Waals surface area contributed by atoms with E-state index in [1.807, 2.05) is 13.0 Å². The van der Waals surface area contributed by atoms with Crippen LogP contribution >= 0.6 is 0 Å². The molecule has 0 bridgehead atoms. The van der Waals surface area contributed by atoms with Gasteiger partial charge in [0, 0.05) is 13.0 Å². The lowest BCUT2D eigenvalue weighted by Gasteiger charge is -2.23. The topological polar surface area (TPSA) is 84.9 Å². The first kappa shape index (κ1) is 26.1. The van der Waals surface area contributed by atoms with E-state index in [1.54, 1.807) is 0 Å². The Bertz CT molecular complexity index is 626. The van der Waals surface area contributed by atoms with Crippen LogP contribution in [0.5, 0.6) is 0 Å². The van der Waals surface area contributed by atoms with Gasteiger partial charge in [0.25, 0.3) is 0 Å². The Kier molecular flexibility index (Phi) is 13.0. The first-order valence-electron chi connectivity index (χ1n) is 11.0. The molecule has 2 unspecified atom stereocenters. The summed E-state index contributed by atoms with van der Waals surface area (Å²) in [7, 11) is 0. The van der Waals surface area contributed by atoms with Crippen LogP contribution < -0.4 is 5.32 Å². The van der Waals surface area contributed by atoms with Crippen LogP contribution in [-0.2, 0) is 19.1 Å². The number of carboxylic acids is 1. The number of carbonyl (C=O) groups excluding carboxylic acids is 1. The molecule has 2 atom stereocenters. The maximum absolute atomic E-state index is 12.0. The first-order chi connectivity index (χ1) is 14.3. The second-order valence-electron chi connectivity index (χ2n) is 8.25. The molecular weight excluding hydrogens is 382 g/mol. The van der Waals surface area contributed by atoms with Gasteiger partial charge in [-0.15, -0.1) is 0 Å². The highest BCUT2D eigenvalue weighted by atomic mass is 16.7. The van der Waals surface area contributed by atoms with Crippen LogP contribution in [0, 0.1) is 0 Å². The zero-order chi connectivity index (χ0) is 22.4. The van der Waals surface area contributed by atoms with E-state index >= 15 is 0 Å². The maximum Gasteiger partial charge on any atom is 0.321 e. The van der Waals surface area contributed by atoms with Crippen LogP contribution in [0.4, 0.5) is 0 Å². The molecular formula is C24H39NO5. The van der Waals surface area contributed by atoms with Crippen molar-refractivity contribution in [2.24, 2.45) is 0 Å². The fourth-order valence-electron chi connectivity index (χ4n) is 3.13. The number of carbonyl (C=O) groups is 2. The van der Waals surface area contributed by atoms with Gasteiger partial charge in [-0.05, 0) is 66.2 Å². The third-order valence-electron chi connectivity index (χ3n) is 5.01. The predicted molar refractivity (Wildman–Crippen MR) is 119 cm³/mol. The Morgan fingerprint density at radius 1 is 1.07 bits per heavy atom. The second kappa shape index (κ2) is 15.0. The van der Waals surface area contributed by atoms with Gasteiger partial charge in [-0.1, -0.05) is 34.9 Å². The van der Waals surface area contributed by atoms with E-state index in [0.29, 0.717) is 19.6 Å². The zero-order valence-corrected chi connectivity index (χ0v) is 19.0. The van der Waals surface area contributed by atoms with Crippen LogP contribution in [0.15, 0.2) is 34.9 Å². The van der Waals surface area contributed by atoms with Crippen molar-refractivity contribution in [2.45, 2.75) is 91.4 Å². The van der Waals surface area contributed by atoms with Crippen molar-refractivity contribution >= 4 is 11.9 Å². The lowest BCUT2D eigenvalue weighted by Crippen LogP contribution is -2.40. The molecule has 30 heavy (non-hydrogen) atoms. The standard InChI is InChI=1S/C24H39NO5/c1-18(2)9-7-10-19(3)11-8-12-20(4)14-15-25-21(24(27)28)17-22(26)30-23-13-5-6-16-29-23/h9,11,14,21,23,25H,5-8,10,12-13,15-17H2,1-4H3,(H,27,28). The number of ether oxygens (including phenoxy) is 2. The summed E-state index contributed by atoms with van der Waals surface area (Å²) in [6.45, 7) is 9.41. The van der Waals surface area contributed by atoms with Gasteiger partial charge in [0.15, 0.2) is 0 Å². The zero-order valence-electron chi connectivity index (χ0n) is 19.0. The summed E-state index contributed by atoms with van der Waals surface area (Å²) >= 11 is 0. The Morgan fingerprint density at radius 3 is 2.33 bits per heavy atom. The van der Waals surface area contributed by atoms with Crippen LogP contribution in [0.3, 0.4) is 0 Å². The molecule has 170 valence electrons. The Balaban J connectivity index is 2.33. The molecule has 0 radical (unpaired) electrons. The van der Waals surface area contributed by atoms with Gasteiger partial charge in [0.2, 0.25) is 6.29 Å². The normalized spacial score (nSPS) is 18.6. The molecule has 0 aromatic rings. The van der Waals surface area contributed by atoms with E-state index in [1.165, 1.54) is 16.7 Å². The van der Waals surface area contributed by atoms with Crippen molar-refractivity contribution < 1.29 is 24.2 Å². The highest BCUT2D eigenvalue weighted by Gasteiger charge is 2.24. The van der Waals surface area contributed by atoms with Crippen molar-refractivity contribution in [3.05, 3.63) is 34.9 Å². The number of esters is 1. The molecule has 0 aliphatic carbocycles. The van der Waals surface area contributed by atoms with Gasteiger partial charge >= 0.3 is 11.9 Å². The van der Waals surface area contributed by atoms with E-state index in [9.17, 15) is 14.7 Å². The molecule has 6 nitrogen and oxygen atoms in total. The molecule has 0 saturated carbocycles. The first-order valence-corrected chi connectivity index (χ1v) is 11.0. The molecule has 2 N–H and O–H groups in total. The Labute approximate surface area is 181 Å². The van der Waals surface area contributed by atoms with Gasteiger partial charge in [-0.3, -0.25) is 9.59 Å². The number of rotatable bonds is 13. The summed E-state index contributed by atoms with van der Waals surface area (Å²) in [4.78, 5) is 23.5. The monoisotopic (exact) mass is 421 g/mol. The highest BCUT2D eigenvalue weighted by Crippen LogP contribution is 2.15. The molecule has 1 aliphatic heterocycles. The molecule has 1 rings (SSSR count). The number of carboxylic acid groups (broad SMARTS) is 1. The van der Waals surface area contributed by atoms with Crippen molar-refractivity contribution in [1.29, 1.82) is 0 Å².